The van der Waals surface area contributed by atoms with Gasteiger partial charge >= 0.3 is 13.8 Å². The second-order valence-corrected chi connectivity index (χ2v) is 7.06. The number of amides is 2. The third-order valence-corrected chi connectivity index (χ3v) is 4.21. The minimum Gasteiger partial charge on any atom is -0.330 e. The number of phosphoric acid groups is 1. The fourth-order valence-corrected chi connectivity index (χ4v) is 2.76. The molecule has 26 heavy (non-hydrogen) atoms. The summed E-state index contributed by atoms with van der Waals surface area (Å²) in [5.41, 5.74) is 1.69. The number of rotatable bonds is 9. The normalized spacial score (nSPS) is 14.8. The number of imide groups is 1. The number of phosphoric ester groups is 1. The number of hydrogen-bond acceptors (Lipinski definition) is 6. The minimum atomic E-state index is -4.41. The molecule has 2 amide bonds. The van der Waals surface area contributed by atoms with Gasteiger partial charge in [-0.3, -0.25) is 14.1 Å². The van der Waals surface area contributed by atoms with Crippen molar-refractivity contribution in [3.8, 4) is 0 Å². The van der Waals surface area contributed by atoms with Gasteiger partial charge in [0.1, 0.15) is 0 Å². The van der Waals surface area contributed by atoms with E-state index in [4.69, 9.17) is 14.6 Å². The third-order valence-electron chi connectivity index (χ3n) is 3.69. The number of benzene rings is 1. The van der Waals surface area contributed by atoms with E-state index in [-0.39, 0.29) is 25.9 Å². The summed E-state index contributed by atoms with van der Waals surface area (Å²) in [6, 6.07) is 7.16. The highest BCUT2D eigenvalue weighted by atomic mass is 31.2. The fourth-order valence-electron chi connectivity index (χ4n) is 2.40. The molecule has 1 heterocycles. The molecule has 10 heteroatoms. The molecule has 1 fully saturated rings. The first-order valence-electron chi connectivity index (χ1n) is 8.09. The second kappa shape index (κ2) is 9.05. The average molecular weight is 385 g/mol. The maximum Gasteiger partial charge on any atom is 0.469 e. The summed E-state index contributed by atoms with van der Waals surface area (Å²) in [6.45, 7) is -0.0118. The molecule has 1 aliphatic rings. The lowest BCUT2D eigenvalue weighted by Crippen LogP contribution is -2.32. The lowest BCUT2D eigenvalue weighted by atomic mass is 10.0. The Morgan fingerprint density at radius 3 is 2.19 bits per heavy atom. The SMILES string of the molecule is O=C(Cc1ccc(CCCCOP(=O)(O)O)cc1)ON1C(=O)CCC1=O. The van der Waals surface area contributed by atoms with Crippen molar-refractivity contribution >= 4 is 25.6 Å². The molecule has 0 bridgehead atoms. The predicted molar refractivity (Wildman–Crippen MR) is 88.3 cm³/mol. The number of carbonyl (C=O) groups is 3. The van der Waals surface area contributed by atoms with Crippen molar-refractivity contribution in [2.45, 2.75) is 38.5 Å². The zero-order valence-electron chi connectivity index (χ0n) is 14.0. The minimum absolute atomic E-state index is 0.0118. The average Bonchev–Trinajstić information content (AvgIpc) is 2.87. The van der Waals surface area contributed by atoms with Gasteiger partial charge in [0.2, 0.25) is 0 Å². The Balaban J connectivity index is 1.73. The van der Waals surface area contributed by atoms with Crippen LogP contribution >= 0.6 is 7.82 Å². The molecule has 0 unspecified atom stereocenters. The van der Waals surface area contributed by atoms with Gasteiger partial charge in [-0.2, -0.15) is 0 Å². The quantitative estimate of drug-likeness (QED) is 0.369. The van der Waals surface area contributed by atoms with Crippen LogP contribution in [-0.2, 0) is 41.2 Å². The Bertz CT molecular complexity index is 695. The number of nitrogens with zero attached hydrogens (tertiary/aromatic N) is 1. The van der Waals surface area contributed by atoms with Crippen molar-refractivity contribution < 1.29 is 38.1 Å². The molecule has 0 aromatic heterocycles. The van der Waals surface area contributed by atoms with Crippen molar-refractivity contribution in [3.05, 3.63) is 35.4 Å². The summed E-state index contributed by atoms with van der Waals surface area (Å²) >= 11 is 0. The molecule has 1 aliphatic heterocycles. The van der Waals surface area contributed by atoms with E-state index in [0.717, 1.165) is 5.56 Å². The Labute approximate surface area is 150 Å². The largest absolute Gasteiger partial charge is 0.469 e. The van der Waals surface area contributed by atoms with Crippen molar-refractivity contribution in [2.75, 3.05) is 6.61 Å². The van der Waals surface area contributed by atoms with Gasteiger partial charge in [-0.1, -0.05) is 24.3 Å². The first-order valence-corrected chi connectivity index (χ1v) is 9.62. The number of hydrogen-bond donors (Lipinski definition) is 2. The Kier molecular flexibility index (Phi) is 7.05. The zero-order valence-corrected chi connectivity index (χ0v) is 14.9. The van der Waals surface area contributed by atoms with Crippen molar-refractivity contribution in [2.24, 2.45) is 0 Å². The molecule has 0 radical (unpaired) electrons. The van der Waals surface area contributed by atoms with E-state index >= 15 is 0 Å². The van der Waals surface area contributed by atoms with Gasteiger partial charge in [-0.15, -0.1) is 5.06 Å². The number of unbranched alkanes of at least 4 members (excludes halogenated alkanes) is 1. The first kappa shape index (κ1) is 20.3. The van der Waals surface area contributed by atoms with E-state index in [9.17, 15) is 18.9 Å². The molecule has 1 aromatic carbocycles. The lowest BCUT2D eigenvalue weighted by Gasteiger charge is -2.12. The van der Waals surface area contributed by atoms with Crippen molar-refractivity contribution in [3.63, 3.8) is 0 Å². The number of hydroxylamine groups is 2. The maximum atomic E-state index is 11.8. The number of carbonyl (C=O) groups excluding carboxylic acids is 3. The molecule has 0 spiro atoms. The van der Waals surface area contributed by atoms with Gasteiger partial charge in [0, 0.05) is 12.8 Å². The van der Waals surface area contributed by atoms with Gasteiger partial charge in [0.15, 0.2) is 0 Å². The fraction of sp³-hybridized carbons (Fsp3) is 0.438. The molecule has 2 rings (SSSR count). The Morgan fingerprint density at radius 2 is 1.62 bits per heavy atom. The van der Waals surface area contributed by atoms with Crippen LogP contribution in [0.4, 0.5) is 0 Å². The van der Waals surface area contributed by atoms with Crippen LogP contribution in [0.3, 0.4) is 0 Å². The highest BCUT2D eigenvalue weighted by molar-refractivity contribution is 7.46. The molecule has 0 atom stereocenters. The van der Waals surface area contributed by atoms with Crippen LogP contribution in [0.15, 0.2) is 24.3 Å². The van der Waals surface area contributed by atoms with Gasteiger partial charge < -0.3 is 14.6 Å². The monoisotopic (exact) mass is 385 g/mol. The standard InChI is InChI=1S/C16H20NO8P/c18-14-8-9-15(19)17(14)25-16(20)11-13-6-4-12(5-7-13)3-1-2-10-24-26(21,22)23/h4-7H,1-3,8-11H2,(H2,21,22,23). The number of aryl methyl sites for hydroxylation is 1. The van der Waals surface area contributed by atoms with E-state index in [1.54, 1.807) is 12.1 Å². The van der Waals surface area contributed by atoms with Crippen molar-refractivity contribution in [1.82, 2.24) is 5.06 Å². The van der Waals surface area contributed by atoms with E-state index < -0.39 is 25.6 Å². The van der Waals surface area contributed by atoms with E-state index in [1.807, 2.05) is 12.1 Å². The summed E-state index contributed by atoms with van der Waals surface area (Å²) < 4.78 is 14.9. The lowest BCUT2D eigenvalue weighted by molar-refractivity contribution is -0.197. The van der Waals surface area contributed by atoms with Crippen LogP contribution in [0.2, 0.25) is 0 Å². The molecular formula is C16H20NO8P. The molecular weight excluding hydrogens is 365 g/mol. The zero-order chi connectivity index (χ0) is 19.2. The smallest absolute Gasteiger partial charge is 0.330 e. The van der Waals surface area contributed by atoms with Gasteiger partial charge in [0.25, 0.3) is 11.8 Å². The summed E-state index contributed by atoms with van der Waals surface area (Å²) in [4.78, 5) is 56.6. The molecule has 0 saturated carbocycles. The maximum absolute atomic E-state index is 11.8. The van der Waals surface area contributed by atoms with Gasteiger partial charge in [-0.05, 0) is 30.4 Å². The highest BCUT2D eigenvalue weighted by Gasteiger charge is 2.32. The molecule has 0 aliphatic carbocycles. The van der Waals surface area contributed by atoms with Crippen molar-refractivity contribution in [1.29, 1.82) is 0 Å². The predicted octanol–water partition coefficient (Wildman–Crippen LogP) is 1.27. The van der Waals surface area contributed by atoms with Crippen LogP contribution in [-0.4, -0.2) is 39.2 Å². The summed E-state index contributed by atoms with van der Waals surface area (Å²) in [6.07, 6.45) is 1.96. The van der Waals surface area contributed by atoms with E-state index in [0.29, 0.717) is 29.9 Å². The molecule has 9 nitrogen and oxygen atoms in total. The van der Waals surface area contributed by atoms with Gasteiger partial charge in [-0.25, -0.2) is 9.36 Å². The first-order chi connectivity index (χ1) is 12.2. The van der Waals surface area contributed by atoms with Crippen LogP contribution in [0.5, 0.6) is 0 Å². The molecule has 2 N–H and O–H groups in total. The summed E-state index contributed by atoms with van der Waals surface area (Å²) in [5.74, 6) is -1.71. The third kappa shape index (κ3) is 6.68. The summed E-state index contributed by atoms with van der Waals surface area (Å²) in [5, 5.41) is 0.524. The molecule has 142 valence electrons. The van der Waals surface area contributed by atoms with Crippen LogP contribution in [0.1, 0.15) is 36.8 Å². The van der Waals surface area contributed by atoms with E-state index in [1.165, 1.54) is 0 Å². The van der Waals surface area contributed by atoms with Crippen LogP contribution < -0.4 is 0 Å². The molecule has 1 saturated heterocycles. The molecule has 1 aromatic rings. The topological polar surface area (TPSA) is 130 Å². The highest BCUT2D eigenvalue weighted by Crippen LogP contribution is 2.35. The van der Waals surface area contributed by atoms with E-state index in [2.05, 4.69) is 4.52 Å². The Morgan fingerprint density at radius 1 is 1.04 bits per heavy atom. The summed E-state index contributed by atoms with van der Waals surface area (Å²) in [7, 11) is -4.41. The Hall–Kier alpha value is -2.06. The van der Waals surface area contributed by atoms with Crippen LogP contribution in [0.25, 0.3) is 0 Å². The van der Waals surface area contributed by atoms with Crippen LogP contribution in [0, 0.1) is 0 Å². The second-order valence-electron chi connectivity index (χ2n) is 5.82. The van der Waals surface area contributed by atoms with Gasteiger partial charge in [0.05, 0.1) is 13.0 Å².